The molecule has 3 N–H and O–H groups in total. The summed E-state index contributed by atoms with van der Waals surface area (Å²) >= 11 is 1.64. The summed E-state index contributed by atoms with van der Waals surface area (Å²) in [6.07, 6.45) is -0.547. The standard InChI is InChI=1S/C20H32N4OS/c1-14(2)24(15(3)4)11-10-22-20(21-5)23-13-17(25)19-12-16-8-6-7-9-18(16)26-19/h6-9,12,14-15,17,25H,10-11,13H2,1-5H3,(H2,21,22,23). The molecule has 0 aliphatic heterocycles. The minimum Gasteiger partial charge on any atom is -0.386 e. The van der Waals surface area contributed by atoms with Gasteiger partial charge in [-0.15, -0.1) is 11.3 Å². The van der Waals surface area contributed by atoms with Crippen LogP contribution in [-0.4, -0.2) is 54.7 Å². The van der Waals surface area contributed by atoms with Gasteiger partial charge in [0.05, 0.1) is 0 Å². The Morgan fingerprint density at radius 2 is 1.85 bits per heavy atom. The summed E-state index contributed by atoms with van der Waals surface area (Å²) in [7, 11) is 1.75. The minimum absolute atomic E-state index is 0.435. The van der Waals surface area contributed by atoms with Crippen LogP contribution >= 0.6 is 11.3 Å². The number of thiophene rings is 1. The van der Waals surface area contributed by atoms with E-state index in [-0.39, 0.29) is 0 Å². The van der Waals surface area contributed by atoms with E-state index in [1.165, 1.54) is 10.1 Å². The maximum atomic E-state index is 10.5. The zero-order valence-corrected chi connectivity index (χ0v) is 17.3. The lowest BCUT2D eigenvalue weighted by molar-refractivity contribution is 0.177. The number of benzene rings is 1. The number of nitrogens with zero attached hydrogens (tertiary/aromatic N) is 2. The molecular weight excluding hydrogens is 344 g/mol. The van der Waals surface area contributed by atoms with Crippen molar-refractivity contribution in [1.82, 2.24) is 15.5 Å². The molecule has 0 amide bonds. The van der Waals surface area contributed by atoms with E-state index in [4.69, 9.17) is 0 Å². The van der Waals surface area contributed by atoms with Crippen LogP contribution in [0.1, 0.15) is 38.7 Å². The second kappa shape index (κ2) is 9.90. The molecule has 0 radical (unpaired) electrons. The molecule has 144 valence electrons. The first kappa shape index (κ1) is 20.7. The van der Waals surface area contributed by atoms with Gasteiger partial charge in [0.1, 0.15) is 6.10 Å². The molecule has 1 aromatic carbocycles. The van der Waals surface area contributed by atoms with Crippen molar-refractivity contribution in [2.24, 2.45) is 4.99 Å². The third-order valence-electron chi connectivity index (χ3n) is 4.45. The number of fused-ring (bicyclic) bond motifs is 1. The van der Waals surface area contributed by atoms with Crippen LogP contribution in [0, 0.1) is 0 Å². The quantitative estimate of drug-likeness (QED) is 0.489. The number of rotatable bonds is 8. The molecule has 0 saturated carbocycles. The van der Waals surface area contributed by atoms with E-state index in [0.29, 0.717) is 18.6 Å². The lowest BCUT2D eigenvalue weighted by Gasteiger charge is -2.30. The van der Waals surface area contributed by atoms with Crippen molar-refractivity contribution in [2.75, 3.05) is 26.7 Å². The van der Waals surface area contributed by atoms with Gasteiger partial charge >= 0.3 is 0 Å². The first-order chi connectivity index (χ1) is 12.4. The SMILES string of the molecule is CN=C(NCCN(C(C)C)C(C)C)NCC(O)c1cc2ccccc2s1. The van der Waals surface area contributed by atoms with Crippen LogP contribution < -0.4 is 10.6 Å². The molecule has 1 unspecified atom stereocenters. The largest absolute Gasteiger partial charge is 0.386 e. The summed E-state index contributed by atoms with van der Waals surface area (Å²) in [6.45, 7) is 11.1. The van der Waals surface area contributed by atoms with Gasteiger partial charge in [-0.1, -0.05) is 18.2 Å². The van der Waals surface area contributed by atoms with Gasteiger partial charge in [-0.25, -0.2) is 0 Å². The van der Waals surface area contributed by atoms with Crippen LogP contribution in [0.15, 0.2) is 35.3 Å². The fraction of sp³-hybridized carbons (Fsp3) is 0.550. The van der Waals surface area contributed by atoms with Crippen molar-refractivity contribution in [1.29, 1.82) is 0 Å². The summed E-state index contributed by atoms with van der Waals surface area (Å²) in [5, 5.41) is 18.2. The van der Waals surface area contributed by atoms with Crippen LogP contribution in [0.25, 0.3) is 10.1 Å². The molecule has 0 aliphatic rings. The van der Waals surface area contributed by atoms with Crippen molar-refractivity contribution in [2.45, 2.75) is 45.9 Å². The smallest absolute Gasteiger partial charge is 0.191 e. The Morgan fingerprint density at radius 3 is 2.46 bits per heavy atom. The molecule has 5 nitrogen and oxygen atoms in total. The van der Waals surface area contributed by atoms with Crippen LogP contribution in [0.2, 0.25) is 0 Å². The molecule has 0 fully saturated rings. The van der Waals surface area contributed by atoms with E-state index >= 15 is 0 Å². The topological polar surface area (TPSA) is 59.9 Å². The maximum absolute atomic E-state index is 10.5. The molecule has 26 heavy (non-hydrogen) atoms. The molecular formula is C20H32N4OS. The molecule has 0 saturated heterocycles. The first-order valence-electron chi connectivity index (χ1n) is 9.29. The average Bonchev–Trinajstić information content (AvgIpc) is 3.04. The van der Waals surface area contributed by atoms with Gasteiger partial charge in [0, 0.05) is 48.3 Å². The highest BCUT2D eigenvalue weighted by molar-refractivity contribution is 7.19. The van der Waals surface area contributed by atoms with E-state index in [2.05, 4.69) is 66.4 Å². The van der Waals surface area contributed by atoms with Gasteiger partial charge in [0.15, 0.2) is 5.96 Å². The second-order valence-corrected chi connectivity index (χ2v) is 8.12. The summed E-state index contributed by atoms with van der Waals surface area (Å²) in [5.41, 5.74) is 0. The summed E-state index contributed by atoms with van der Waals surface area (Å²) in [6, 6.07) is 11.3. The van der Waals surface area contributed by atoms with Gasteiger partial charge in [-0.05, 0) is 45.2 Å². The number of hydrogen-bond donors (Lipinski definition) is 3. The number of guanidine groups is 1. The number of aliphatic imine (C=N–C) groups is 1. The zero-order valence-electron chi connectivity index (χ0n) is 16.5. The third-order valence-corrected chi connectivity index (χ3v) is 5.67. The van der Waals surface area contributed by atoms with Gasteiger partial charge < -0.3 is 15.7 Å². The van der Waals surface area contributed by atoms with Crippen molar-refractivity contribution in [3.05, 3.63) is 35.2 Å². The molecule has 1 atom stereocenters. The van der Waals surface area contributed by atoms with E-state index in [0.717, 1.165) is 23.9 Å². The average molecular weight is 377 g/mol. The monoisotopic (exact) mass is 376 g/mol. The van der Waals surface area contributed by atoms with Crippen LogP contribution in [0.3, 0.4) is 0 Å². The highest BCUT2D eigenvalue weighted by Gasteiger charge is 2.14. The van der Waals surface area contributed by atoms with Gasteiger partial charge in [-0.3, -0.25) is 9.89 Å². The third kappa shape index (κ3) is 5.69. The Bertz CT molecular complexity index is 670. The first-order valence-corrected chi connectivity index (χ1v) is 10.1. The number of hydrogen-bond acceptors (Lipinski definition) is 4. The molecule has 0 bridgehead atoms. The van der Waals surface area contributed by atoms with Gasteiger partial charge in [-0.2, -0.15) is 0 Å². The molecule has 2 aromatic rings. The van der Waals surface area contributed by atoms with E-state index < -0.39 is 6.10 Å². The summed E-state index contributed by atoms with van der Waals surface area (Å²) in [5.74, 6) is 0.720. The Labute approximate surface area is 161 Å². The minimum atomic E-state index is -0.547. The summed E-state index contributed by atoms with van der Waals surface area (Å²) < 4.78 is 1.20. The lowest BCUT2D eigenvalue weighted by Crippen LogP contribution is -2.45. The van der Waals surface area contributed by atoms with E-state index in [1.807, 2.05) is 12.1 Å². The zero-order chi connectivity index (χ0) is 19.1. The Kier molecular flexibility index (Phi) is 7.87. The van der Waals surface area contributed by atoms with Crippen molar-refractivity contribution >= 4 is 27.4 Å². The Morgan fingerprint density at radius 1 is 1.15 bits per heavy atom. The number of aliphatic hydroxyl groups excluding tert-OH is 1. The van der Waals surface area contributed by atoms with Crippen LogP contribution in [0.4, 0.5) is 0 Å². The van der Waals surface area contributed by atoms with Crippen molar-refractivity contribution in [3.63, 3.8) is 0 Å². The second-order valence-electron chi connectivity index (χ2n) is 7.01. The van der Waals surface area contributed by atoms with Crippen LogP contribution in [-0.2, 0) is 0 Å². The normalized spacial score (nSPS) is 13.8. The predicted octanol–water partition coefficient (Wildman–Crippen LogP) is 3.22. The highest BCUT2D eigenvalue weighted by atomic mass is 32.1. The lowest BCUT2D eigenvalue weighted by atomic mass is 10.2. The molecule has 2 rings (SSSR count). The van der Waals surface area contributed by atoms with E-state index in [1.54, 1.807) is 18.4 Å². The van der Waals surface area contributed by atoms with Gasteiger partial charge in [0.25, 0.3) is 0 Å². The highest BCUT2D eigenvalue weighted by Crippen LogP contribution is 2.29. The molecule has 6 heteroatoms. The Balaban J connectivity index is 1.82. The fourth-order valence-electron chi connectivity index (χ4n) is 3.10. The number of nitrogens with one attached hydrogen (secondary N) is 2. The van der Waals surface area contributed by atoms with Crippen molar-refractivity contribution in [3.8, 4) is 0 Å². The molecule has 1 aromatic heterocycles. The predicted molar refractivity (Wildman–Crippen MR) is 113 cm³/mol. The fourth-order valence-corrected chi connectivity index (χ4v) is 4.15. The molecule has 1 heterocycles. The van der Waals surface area contributed by atoms with E-state index in [9.17, 15) is 5.11 Å². The molecule has 0 aliphatic carbocycles. The van der Waals surface area contributed by atoms with Crippen LogP contribution in [0.5, 0.6) is 0 Å². The van der Waals surface area contributed by atoms with Crippen molar-refractivity contribution < 1.29 is 5.11 Å². The van der Waals surface area contributed by atoms with Gasteiger partial charge in [0.2, 0.25) is 0 Å². The summed E-state index contributed by atoms with van der Waals surface area (Å²) in [4.78, 5) is 7.66. The number of aliphatic hydroxyl groups is 1. The molecule has 0 spiro atoms. The Hall–Kier alpha value is -1.63. The maximum Gasteiger partial charge on any atom is 0.191 e.